The van der Waals surface area contributed by atoms with E-state index in [4.69, 9.17) is 11.6 Å². The van der Waals surface area contributed by atoms with Crippen molar-refractivity contribution in [2.45, 2.75) is 19.8 Å². The lowest BCUT2D eigenvalue weighted by molar-refractivity contribution is 0.877. The standard InChI is InChI=1S/C13H13ClN2/c1-9-5-3-4-6-11(9)10(2)12-7-8-15-16-13(12)14/h3-8,10H,1-2H3. The molecule has 0 spiro atoms. The average Bonchev–Trinajstić information content (AvgIpc) is 2.29. The summed E-state index contributed by atoms with van der Waals surface area (Å²) in [6.07, 6.45) is 1.68. The number of rotatable bonds is 2. The molecule has 2 nitrogen and oxygen atoms in total. The van der Waals surface area contributed by atoms with Crippen molar-refractivity contribution >= 4 is 11.6 Å². The minimum atomic E-state index is 0.240. The molecule has 0 bridgehead atoms. The van der Waals surface area contributed by atoms with Crippen LogP contribution in [0.3, 0.4) is 0 Å². The van der Waals surface area contributed by atoms with Gasteiger partial charge in [-0.15, -0.1) is 5.10 Å². The molecule has 1 heterocycles. The summed E-state index contributed by atoms with van der Waals surface area (Å²) in [6, 6.07) is 10.2. The molecule has 0 aliphatic heterocycles. The van der Waals surface area contributed by atoms with Crippen LogP contribution in [0.1, 0.15) is 29.5 Å². The van der Waals surface area contributed by atoms with Crippen LogP contribution in [0.2, 0.25) is 5.15 Å². The Morgan fingerprint density at radius 3 is 2.56 bits per heavy atom. The van der Waals surface area contributed by atoms with E-state index in [1.54, 1.807) is 6.20 Å². The van der Waals surface area contributed by atoms with Crippen molar-refractivity contribution in [3.63, 3.8) is 0 Å². The maximum absolute atomic E-state index is 6.05. The molecule has 82 valence electrons. The second kappa shape index (κ2) is 4.62. The number of nitrogens with zero attached hydrogens (tertiary/aromatic N) is 2. The van der Waals surface area contributed by atoms with Crippen molar-refractivity contribution in [1.82, 2.24) is 10.2 Å². The highest BCUT2D eigenvalue weighted by Gasteiger charge is 2.14. The van der Waals surface area contributed by atoms with Gasteiger partial charge in [-0.1, -0.05) is 42.8 Å². The van der Waals surface area contributed by atoms with E-state index in [2.05, 4.69) is 36.2 Å². The second-order valence-electron chi connectivity index (χ2n) is 3.86. The van der Waals surface area contributed by atoms with Gasteiger partial charge in [0.05, 0.1) is 0 Å². The Kier molecular flexibility index (Phi) is 3.20. The van der Waals surface area contributed by atoms with Crippen molar-refractivity contribution in [3.05, 3.63) is 58.4 Å². The molecule has 2 aromatic rings. The van der Waals surface area contributed by atoms with Crippen LogP contribution in [0.25, 0.3) is 0 Å². The fraction of sp³-hybridized carbons (Fsp3) is 0.231. The average molecular weight is 233 g/mol. The molecule has 0 N–H and O–H groups in total. The fourth-order valence-corrected chi connectivity index (χ4v) is 2.16. The lowest BCUT2D eigenvalue weighted by atomic mass is 9.91. The van der Waals surface area contributed by atoms with Crippen molar-refractivity contribution in [1.29, 1.82) is 0 Å². The molecule has 1 atom stereocenters. The van der Waals surface area contributed by atoms with Crippen LogP contribution in [0.4, 0.5) is 0 Å². The van der Waals surface area contributed by atoms with Gasteiger partial charge in [0.25, 0.3) is 0 Å². The molecule has 0 saturated carbocycles. The summed E-state index contributed by atoms with van der Waals surface area (Å²) in [5.74, 6) is 0.240. The number of aryl methyl sites for hydroxylation is 1. The quantitative estimate of drug-likeness (QED) is 0.791. The maximum atomic E-state index is 6.05. The minimum Gasteiger partial charge on any atom is -0.158 e. The lowest BCUT2D eigenvalue weighted by Gasteiger charge is -2.15. The monoisotopic (exact) mass is 232 g/mol. The molecule has 1 aromatic heterocycles. The zero-order chi connectivity index (χ0) is 11.5. The maximum Gasteiger partial charge on any atom is 0.155 e. The molecule has 1 aromatic carbocycles. The van der Waals surface area contributed by atoms with Crippen LogP contribution < -0.4 is 0 Å². The van der Waals surface area contributed by atoms with Crippen LogP contribution in [0.5, 0.6) is 0 Å². The van der Waals surface area contributed by atoms with E-state index in [0.29, 0.717) is 5.15 Å². The van der Waals surface area contributed by atoms with Gasteiger partial charge in [-0.2, -0.15) is 5.10 Å². The second-order valence-corrected chi connectivity index (χ2v) is 4.21. The third-order valence-electron chi connectivity index (χ3n) is 2.83. The van der Waals surface area contributed by atoms with Crippen LogP contribution in [0.15, 0.2) is 36.5 Å². The molecule has 1 unspecified atom stereocenters. The van der Waals surface area contributed by atoms with Crippen molar-refractivity contribution < 1.29 is 0 Å². The number of benzene rings is 1. The molecular weight excluding hydrogens is 220 g/mol. The van der Waals surface area contributed by atoms with Gasteiger partial charge in [0.2, 0.25) is 0 Å². The van der Waals surface area contributed by atoms with Gasteiger partial charge >= 0.3 is 0 Å². The van der Waals surface area contributed by atoms with E-state index >= 15 is 0 Å². The summed E-state index contributed by atoms with van der Waals surface area (Å²) < 4.78 is 0. The molecular formula is C13H13ClN2. The topological polar surface area (TPSA) is 25.8 Å². The zero-order valence-electron chi connectivity index (χ0n) is 9.31. The Balaban J connectivity index is 2.44. The van der Waals surface area contributed by atoms with E-state index in [1.807, 2.05) is 18.2 Å². The highest BCUT2D eigenvalue weighted by atomic mass is 35.5. The SMILES string of the molecule is Cc1ccccc1C(C)c1ccnnc1Cl. The molecule has 0 aliphatic carbocycles. The Labute approximate surface area is 100 Å². The first kappa shape index (κ1) is 11.1. The van der Waals surface area contributed by atoms with E-state index in [9.17, 15) is 0 Å². The Morgan fingerprint density at radius 1 is 1.12 bits per heavy atom. The van der Waals surface area contributed by atoms with Gasteiger partial charge in [0.15, 0.2) is 5.15 Å². The normalized spacial score (nSPS) is 12.4. The molecule has 2 rings (SSSR count). The predicted octanol–water partition coefficient (Wildman–Crippen LogP) is 3.59. The van der Waals surface area contributed by atoms with E-state index in [1.165, 1.54) is 11.1 Å². The van der Waals surface area contributed by atoms with E-state index in [-0.39, 0.29) is 5.92 Å². The summed E-state index contributed by atoms with van der Waals surface area (Å²) in [6.45, 7) is 4.24. The van der Waals surface area contributed by atoms with Crippen LogP contribution in [0, 0.1) is 6.92 Å². The first-order valence-corrected chi connectivity index (χ1v) is 5.60. The summed E-state index contributed by atoms with van der Waals surface area (Å²) in [4.78, 5) is 0. The van der Waals surface area contributed by atoms with Crippen molar-refractivity contribution in [3.8, 4) is 0 Å². The van der Waals surface area contributed by atoms with Gasteiger partial charge in [0.1, 0.15) is 0 Å². The van der Waals surface area contributed by atoms with Gasteiger partial charge < -0.3 is 0 Å². The van der Waals surface area contributed by atoms with Gasteiger partial charge in [-0.25, -0.2) is 0 Å². The van der Waals surface area contributed by atoms with Gasteiger partial charge in [-0.3, -0.25) is 0 Å². The van der Waals surface area contributed by atoms with Gasteiger partial charge in [-0.05, 0) is 24.1 Å². The third-order valence-corrected chi connectivity index (χ3v) is 3.12. The highest BCUT2D eigenvalue weighted by molar-refractivity contribution is 6.30. The lowest BCUT2D eigenvalue weighted by Crippen LogP contribution is -2.01. The molecule has 0 aliphatic rings. The largest absolute Gasteiger partial charge is 0.158 e. The highest BCUT2D eigenvalue weighted by Crippen LogP contribution is 2.29. The number of halogens is 1. The van der Waals surface area contributed by atoms with E-state index < -0.39 is 0 Å². The number of hydrogen-bond donors (Lipinski definition) is 0. The molecule has 3 heteroatoms. The minimum absolute atomic E-state index is 0.240. The summed E-state index contributed by atoms with van der Waals surface area (Å²) in [5.41, 5.74) is 3.56. The Morgan fingerprint density at radius 2 is 1.88 bits per heavy atom. The first-order valence-electron chi connectivity index (χ1n) is 5.22. The third kappa shape index (κ3) is 2.07. The van der Waals surface area contributed by atoms with Crippen molar-refractivity contribution in [2.24, 2.45) is 0 Å². The number of hydrogen-bond acceptors (Lipinski definition) is 2. The molecule has 0 amide bonds. The van der Waals surface area contributed by atoms with Crippen LogP contribution in [-0.4, -0.2) is 10.2 Å². The molecule has 0 radical (unpaired) electrons. The van der Waals surface area contributed by atoms with Gasteiger partial charge in [0, 0.05) is 17.7 Å². The van der Waals surface area contributed by atoms with E-state index in [0.717, 1.165) is 5.56 Å². The Bertz CT molecular complexity index is 451. The predicted molar refractivity (Wildman–Crippen MR) is 65.7 cm³/mol. The van der Waals surface area contributed by atoms with Crippen LogP contribution in [-0.2, 0) is 0 Å². The summed E-state index contributed by atoms with van der Waals surface area (Å²) in [5, 5.41) is 8.12. The molecule has 0 fully saturated rings. The number of aromatic nitrogens is 2. The molecule has 16 heavy (non-hydrogen) atoms. The molecule has 0 saturated heterocycles. The van der Waals surface area contributed by atoms with Crippen molar-refractivity contribution in [2.75, 3.05) is 0 Å². The first-order chi connectivity index (χ1) is 7.70. The fourth-order valence-electron chi connectivity index (χ4n) is 1.89. The van der Waals surface area contributed by atoms with Crippen LogP contribution >= 0.6 is 11.6 Å². The summed E-state index contributed by atoms with van der Waals surface area (Å²) in [7, 11) is 0. The smallest absolute Gasteiger partial charge is 0.155 e. The zero-order valence-corrected chi connectivity index (χ0v) is 10.1. The Hall–Kier alpha value is -1.41. The summed E-state index contributed by atoms with van der Waals surface area (Å²) >= 11 is 6.05.